The molecular formula is C16H14N2O5S2. The molecule has 1 heterocycles. The lowest BCUT2D eigenvalue weighted by molar-refractivity contribution is 0.484. The first-order valence-corrected chi connectivity index (χ1v) is 10.4. The van der Waals surface area contributed by atoms with Gasteiger partial charge in [-0.1, -0.05) is 12.1 Å². The van der Waals surface area contributed by atoms with Gasteiger partial charge in [-0.15, -0.1) is 0 Å². The highest BCUT2D eigenvalue weighted by molar-refractivity contribution is 7.92. The zero-order valence-corrected chi connectivity index (χ0v) is 14.7. The van der Waals surface area contributed by atoms with Gasteiger partial charge in [0.2, 0.25) is 10.0 Å². The van der Waals surface area contributed by atoms with Crippen molar-refractivity contribution in [1.29, 1.82) is 0 Å². The summed E-state index contributed by atoms with van der Waals surface area (Å²) in [5.74, 6) is 0. The first-order chi connectivity index (χ1) is 11.6. The van der Waals surface area contributed by atoms with Crippen LogP contribution in [0.2, 0.25) is 0 Å². The van der Waals surface area contributed by atoms with Crippen LogP contribution < -0.4 is 4.72 Å². The molecule has 0 saturated heterocycles. The molecule has 0 bridgehead atoms. The molecule has 2 aromatic carbocycles. The average molecular weight is 378 g/mol. The summed E-state index contributed by atoms with van der Waals surface area (Å²) in [4.78, 5) is 3.74. The van der Waals surface area contributed by atoms with Gasteiger partial charge in [-0.25, -0.2) is 8.42 Å². The minimum absolute atomic E-state index is 0.233. The van der Waals surface area contributed by atoms with Crippen LogP contribution in [0.1, 0.15) is 0 Å². The van der Waals surface area contributed by atoms with Crippen LogP contribution in [0.4, 0.5) is 5.69 Å². The van der Waals surface area contributed by atoms with Crippen molar-refractivity contribution in [2.45, 2.75) is 4.90 Å². The van der Waals surface area contributed by atoms with E-state index in [0.29, 0.717) is 27.6 Å². The summed E-state index contributed by atoms with van der Waals surface area (Å²) in [6.07, 6.45) is 3.97. The van der Waals surface area contributed by atoms with Crippen molar-refractivity contribution in [1.82, 2.24) is 4.98 Å². The Morgan fingerprint density at radius 2 is 1.76 bits per heavy atom. The fraction of sp³-hybridized carbons (Fsp3) is 0.0625. The van der Waals surface area contributed by atoms with Crippen LogP contribution in [-0.2, 0) is 20.1 Å². The molecule has 2 N–H and O–H groups in total. The van der Waals surface area contributed by atoms with E-state index in [1.165, 1.54) is 24.5 Å². The molecular weight excluding hydrogens is 364 g/mol. The predicted molar refractivity (Wildman–Crippen MR) is 95.5 cm³/mol. The minimum Gasteiger partial charge on any atom is -0.284 e. The molecule has 0 aliphatic rings. The standard InChI is InChI=1S/C16H14N2O5S2/c1-24(19,20)18-14-4-2-3-11(8-14)12-7-13-10-17-6-5-15(13)16(9-12)25(21,22)23/h2-10,18H,1H3,(H,21,22,23). The van der Waals surface area contributed by atoms with Crippen LogP contribution in [0, 0.1) is 0 Å². The first kappa shape index (κ1) is 17.3. The Bertz CT molecular complexity index is 1170. The van der Waals surface area contributed by atoms with E-state index in [1.807, 2.05) is 0 Å². The fourth-order valence-corrected chi connectivity index (χ4v) is 3.83. The van der Waals surface area contributed by atoms with Gasteiger partial charge in [0.15, 0.2) is 0 Å². The monoisotopic (exact) mass is 378 g/mol. The number of hydrogen-bond donors (Lipinski definition) is 2. The zero-order valence-electron chi connectivity index (χ0n) is 13.0. The summed E-state index contributed by atoms with van der Waals surface area (Å²) in [6, 6.07) is 11.1. The number of nitrogens with one attached hydrogen (secondary N) is 1. The topological polar surface area (TPSA) is 113 Å². The Labute approximate surface area is 145 Å². The Morgan fingerprint density at radius 3 is 2.44 bits per heavy atom. The third-order valence-corrected chi connectivity index (χ3v) is 4.99. The smallest absolute Gasteiger partial charge is 0.284 e. The molecule has 0 aliphatic heterocycles. The highest BCUT2D eigenvalue weighted by Gasteiger charge is 2.16. The maximum atomic E-state index is 11.7. The quantitative estimate of drug-likeness (QED) is 0.675. The van der Waals surface area contributed by atoms with Crippen LogP contribution >= 0.6 is 0 Å². The molecule has 0 radical (unpaired) electrons. The number of sulfonamides is 1. The molecule has 0 unspecified atom stereocenters. The number of hydrogen-bond acceptors (Lipinski definition) is 5. The molecule has 0 aliphatic carbocycles. The van der Waals surface area contributed by atoms with Gasteiger partial charge in [0.05, 0.1) is 6.26 Å². The zero-order chi connectivity index (χ0) is 18.2. The Balaban J connectivity index is 2.22. The van der Waals surface area contributed by atoms with Gasteiger partial charge in [0.25, 0.3) is 10.1 Å². The third-order valence-electron chi connectivity index (χ3n) is 3.49. The van der Waals surface area contributed by atoms with Gasteiger partial charge < -0.3 is 0 Å². The van der Waals surface area contributed by atoms with E-state index in [9.17, 15) is 21.4 Å². The lowest BCUT2D eigenvalue weighted by Gasteiger charge is -2.10. The van der Waals surface area contributed by atoms with Gasteiger partial charge >= 0.3 is 0 Å². The number of nitrogens with zero attached hydrogens (tertiary/aromatic N) is 1. The van der Waals surface area contributed by atoms with Crippen molar-refractivity contribution in [2.75, 3.05) is 11.0 Å². The van der Waals surface area contributed by atoms with Crippen LogP contribution in [0.15, 0.2) is 59.8 Å². The summed E-state index contributed by atoms with van der Waals surface area (Å²) >= 11 is 0. The largest absolute Gasteiger partial charge is 0.295 e. The number of fused-ring (bicyclic) bond motifs is 1. The Hall–Kier alpha value is -2.49. The van der Waals surface area contributed by atoms with E-state index in [1.54, 1.807) is 30.3 Å². The van der Waals surface area contributed by atoms with Crippen LogP contribution in [0.3, 0.4) is 0 Å². The molecule has 25 heavy (non-hydrogen) atoms. The number of aromatic nitrogens is 1. The third kappa shape index (κ3) is 3.95. The van der Waals surface area contributed by atoms with Crippen LogP contribution in [0.5, 0.6) is 0 Å². The van der Waals surface area contributed by atoms with E-state index in [4.69, 9.17) is 0 Å². The minimum atomic E-state index is -4.44. The molecule has 3 aromatic rings. The van der Waals surface area contributed by atoms with E-state index in [-0.39, 0.29) is 4.90 Å². The van der Waals surface area contributed by atoms with Crippen molar-refractivity contribution < 1.29 is 21.4 Å². The number of benzene rings is 2. The fourth-order valence-electron chi connectivity index (χ4n) is 2.53. The van der Waals surface area contributed by atoms with Gasteiger partial charge in [-0.05, 0) is 41.5 Å². The second-order valence-corrected chi connectivity index (χ2v) is 8.64. The van der Waals surface area contributed by atoms with E-state index in [0.717, 1.165) is 6.26 Å². The van der Waals surface area contributed by atoms with Crippen molar-refractivity contribution in [3.8, 4) is 11.1 Å². The second kappa shape index (κ2) is 6.10. The van der Waals surface area contributed by atoms with Gasteiger partial charge in [0, 0.05) is 28.9 Å². The molecule has 130 valence electrons. The second-order valence-electron chi connectivity index (χ2n) is 5.50. The van der Waals surface area contributed by atoms with Crippen molar-refractivity contribution >= 4 is 36.6 Å². The van der Waals surface area contributed by atoms with Crippen LogP contribution in [-0.4, -0.2) is 32.6 Å². The SMILES string of the molecule is CS(=O)(=O)Nc1cccc(-c2cc(S(=O)(=O)O)c3ccncc3c2)c1. The molecule has 0 spiro atoms. The summed E-state index contributed by atoms with van der Waals surface area (Å²) in [6.45, 7) is 0. The number of rotatable bonds is 4. The van der Waals surface area contributed by atoms with Crippen molar-refractivity contribution in [3.63, 3.8) is 0 Å². The molecule has 1 aromatic heterocycles. The highest BCUT2D eigenvalue weighted by atomic mass is 32.2. The molecule has 9 heteroatoms. The van der Waals surface area contributed by atoms with Gasteiger partial charge in [-0.3, -0.25) is 14.3 Å². The Kier molecular flexibility index (Phi) is 4.23. The Morgan fingerprint density at radius 1 is 1.00 bits per heavy atom. The number of pyridine rings is 1. The molecule has 0 atom stereocenters. The van der Waals surface area contributed by atoms with Crippen molar-refractivity contribution in [2.24, 2.45) is 0 Å². The molecule has 7 nitrogen and oxygen atoms in total. The van der Waals surface area contributed by atoms with Crippen molar-refractivity contribution in [3.05, 3.63) is 54.9 Å². The van der Waals surface area contributed by atoms with E-state index >= 15 is 0 Å². The maximum Gasteiger partial charge on any atom is 0.295 e. The lowest BCUT2D eigenvalue weighted by atomic mass is 10.0. The average Bonchev–Trinajstić information content (AvgIpc) is 2.51. The number of anilines is 1. The van der Waals surface area contributed by atoms with Gasteiger partial charge in [0.1, 0.15) is 4.90 Å². The first-order valence-electron chi connectivity index (χ1n) is 7.07. The maximum absolute atomic E-state index is 11.7. The van der Waals surface area contributed by atoms with Gasteiger partial charge in [-0.2, -0.15) is 8.42 Å². The lowest BCUT2D eigenvalue weighted by Crippen LogP contribution is -2.09. The molecule has 3 rings (SSSR count). The van der Waals surface area contributed by atoms with E-state index < -0.39 is 20.1 Å². The summed E-state index contributed by atoms with van der Waals surface area (Å²) < 4.78 is 58.1. The molecule has 0 fully saturated rings. The molecule has 0 saturated carbocycles. The summed E-state index contributed by atoms with van der Waals surface area (Å²) in [5.41, 5.74) is 1.44. The van der Waals surface area contributed by atoms with Crippen LogP contribution in [0.25, 0.3) is 21.9 Å². The molecule has 0 amide bonds. The predicted octanol–water partition coefficient (Wildman–Crippen LogP) is 2.52. The highest BCUT2D eigenvalue weighted by Crippen LogP contribution is 2.31. The summed E-state index contributed by atoms with van der Waals surface area (Å²) in [5, 5.41) is 0.890. The van der Waals surface area contributed by atoms with E-state index in [2.05, 4.69) is 9.71 Å². The normalized spacial score (nSPS) is 12.2. The summed E-state index contributed by atoms with van der Waals surface area (Å²) in [7, 11) is -7.88.